The highest BCUT2D eigenvalue weighted by molar-refractivity contribution is 5.60. The molecular weight excluding hydrogens is 200 g/mol. The number of aryl methyl sites for hydroxylation is 1. The highest BCUT2D eigenvalue weighted by Gasteiger charge is 2.35. The van der Waals surface area contributed by atoms with Gasteiger partial charge in [0, 0.05) is 11.4 Å². The van der Waals surface area contributed by atoms with E-state index in [0.29, 0.717) is 0 Å². The molecule has 1 aromatic rings. The predicted molar refractivity (Wildman–Crippen MR) is 69.6 cm³/mol. The quantitative estimate of drug-likeness (QED) is 0.689. The van der Waals surface area contributed by atoms with Crippen LogP contribution >= 0.6 is 0 Å². The molecule has 0 aliphatic carbocycles. The van der Waals surface area contributed by atoms with Gasteiger partial charge in [-0.25, -0.2) is 0 Å². The van der Waals surface area contributed by atoms with E-state index >= 15 is 0 Å². The predicted octanol–water partition coefficient (Wildman–Crippen LogP) is 2.54. The van der Waals surface area contributed by atoms with E-state index < -0.39 is 11.1 Å². The van der Waals surface area contributed by atoms with Crippen molar-refractivity contribution in [1.29, 1.82) is 0 Å². The fraction of sp³-hybridized carbons (Fsp3) is 0.538. The average molecular weight is 222 g/mol. The van der Waals surface area contributed by atoms with Crippen molar-refractivity contribution in [3.8, 4) is 0 Å². The number of benzene rings is 1. The second kappa shape index (κ2) is 3.98. The second-order valence-corrected chi connectivity index (χ2v) is 5.38. The van der Waals surface area contributed by atoms with Crippen LogP contribution in [0.4, 0.5) is 11.4 Å². The molecule has 0 aliphatic rings. The Balaban J connectivity index is 3.01. The van der Waals surface area contributed by atoms with Crippen LogP contribution in [-0.2, 0) is 0 Å². The molecule has 0 fully saturated rings. The SMILES string of the molecule is Cc1ccc(N)cc1NC(C)(C)C(C)(C)O. The lowest BCUT2D eigenvalue weighted by molar-refractivity contribution is 0.0240. The van der Waals surface area contributed by atoms with Gasteiger partial charge < -0.3 is 16.2 Å². The van der Waals surface area contributed by atoms with Crippen molar-refractivity contribution in [2.75, 3.05) is 11.1 Å². The molecule has 1 rings (SSSR count). The molecule has 3 nitrogen and oxygen atoms in total. The second-order valence-electron chi connectivity index (χ2n) is 5.38. The van der Waals surface area contributed by atoms with Gasteiger partial charge in [0.05, 0.1) is 11.1 Å². The van der Waals surface area contributed by atoms with Gasteiger partial charge in [0.2, 0.25) is 0 Å². The molecule has 1 aromatic carbocycles. The summed E-state index contributed by atoms with van der Waals surface area (Å²) in [6.07, 6.45) is 0. The van der Waals surface area contributed by atoms with E-state index in [0.717, 1.165) is 16.9 Å². The maximum atomic E-state index is 10.1. The van der Waals surface area contributed by atoms with E-state index in [-0.39, 0.29) is 0 Å². The monoisotopic (exact) mass is 222 g/mol. The molecule has 90 valence electrons. The van der Waals surface area contributed by atoms with Gasteiger partial charge in [-0.15, -0.1) is 0 Å². The Bertz CT molecular complexity index is 378. The van der Waals surface area contributed by atoms with Gasteiger partial charge >= 0.3 is 0 Å². The van der Waals surface area contributed by atoms with Crippen LogP contribution < -0.4 is 11.1 Å². The number of rotatable bonds is 3. The van der Waals surface area contributed by atoms with E-state index in [4.69, 9.17) is 5.73 Å². The van der Waals surface area contributed by atoms with Crippen LogP contribution in [0, 0.1) is 6.92 Å². The van der Waals surface area contributed by atoms with E-state index in [2.05, 4.69) is 5.32 Å². The van der Waals surface area contributed by atoms with Crippen molar-refractivity contribution >= 4 is 11.4 Å². The van der Waals surface area contributed by atoms with Gasteiger partial charge in [0.15, 0.2) is 0 Å². The summed E-state index contributed by atoms with van der Waals surface area (Å²) in [6.45, 7) is 9.54. The summed E-state index contributed by atoms with van der Waals surface area (Å²) < 4.78 is 0. The lowest BCUT2D eigenvalue weighted by Gasteiger charge is -2.39. The third kappa shape index (κ3) is 2.67. The van der Waals surface area contributed by atoms with Crippen LogP contribution in [0.1, 0.15) is 33.3 Å². The Morgan fingerprint density at radius 2 is 1.75 bits per heavy atom. The topological polar surface area (TPSA) is 58.3 Å². The van der Waals surface area contributed by atoms with Crippen LogP contribution in [0.2, 0.25) is 0 Å². The molecule has 0 amide bonds. The minimum absolute atomic E-state index is 0.425. The average Bonchev–Trinajstić information content (AvgIpc) is 2.09. The summed E-state index contributed by atoms with van der Waals surface area (Å²) in [4.78, 5) is 0. The Hall–Kier alpha value is -1.22. The normalized spacial score (nSPS) is 12.6. The van der Waals surface area contributed by atoms with E-state index in [9.17, 15) is 5.11 Å². The number of aliphatic hydroxyl groups is 1. The summed E-state index contributed by atoms with van der Waals surface area (Å²) in [5.41, 5.74) is 7.32. The molecule has 4 N–H and O–H groups in total. The lowest BCUT2D eigenvalue weighted by Crippen LogP contribution is -2.51. The number of hydrogen-bond acceptors (Lipinski definition) is 3. The molecule has 0 saturated heterocycles. The molecule has 16 heavy (non-hydrogen) atoms. The molecule has 0 unspecified atom stereocenters. The maximum Gasteiger partial charge on any atom is 0.0814 e. The van der Waals surface area contributed by atoms with Crippen molar-refractivity contribution < 1.29 is 5.11 Å². The van der Waals surface area contributed by atoms with Gasteiger partial charge in [-0.3, -0.25) is 0 Å². The molecule has 0 aliphatic heterocycles. The number of nitrogens with one attached hydrogen (secondary N) is 1. The van der Waals surface area contributed by atoms with Crippen LogP contribution in [0.3, 0.4) is 0 Å². The van der Waals surface area contributed by atoms with Crippen molar-refractivity contribution in [1.82, 2.24) is 0 Å². The Labute approximate surface area is 97.7 Å². The Morgan fingerprint density at radius 3 is 2.25 bits per heavy atom. The smallest absolute Gasteiger partial charge is 0.0814 e. The van der Waals surface area contributed by atoms with Crippen LogP contribution in [-0.4, -0.2) is 16.2 Å². The van der Waals surface area contributed by atoms with Crippen molar-refractivity contribution in [3.63, 3.8) is 0 Å². The Morgan fingerprint density at radius 1 is 1.19 bits per heavy atom. The number of nitrogen functional groups attached to an aromatic ring is 1. The van der Waals surface area contributed by atoms with Crippen LogP contribution in [0.15, 0.2) is 18.2 Å². The summed E-state index contributed by atoms with van der Waals surface area (Å²) in [7, 11) is 0. The number of nitrogens with two attached hydrogens (primary N) is 1. The summed E-state index contributed by atoms with van der Waals surface area (Å²) in [5.74, 6) is 0. The summed E-state index contributed by atoms with van der Waals surface area (Å²) in [6, 6.07) is 5.73. The molecule has 0 aromatic heterocycles. The highest BCUT2D eigenvalue weighted by atomic mass is 16.3. The molecule has 0 heterocycles. The highest BCUT2D eigenvalue weighted by Crippen LogP contribution is 2.28. The Kier molecular flexibility index (Phi) is 3.20. The van der Waals surface area contributed by atoms with Crippen LogP contribution in [0.25, 0.3) is 0 Å². The van der Waals surface area contributed by atoms with E-state index in [1.165, 1.54) is 0 Å². The fourth-order valence-electron chi connectivity index (χ4n) is 1.26. The molecule has 0 atom stereocenters. The third-order valence-electron chi connectivity index (χ3n) is 3.24. The minimum atomic E-state index is -0.815. The largest absolute Gasteiger partial charge is 0.399 e. The first-order chi connectivity index (χ1) is 7.13. The van der Waals surface area contributed by atoms with Gasteiger partial charge in [-0.1, -0.05) is 6.07 Å². The summed E-state index contributed by atoms with van der Waals surface area (Å²) in [5, 5.41) is 13.4. The van der Waals surface area contributed by atoms with Crippen LogP contribution in [0.5, 0.6) is 0 Å². The molecular formula is C13H22N2O. The first-order valence-electron chi connectivity index (χ1n) is 5.50. The molecule has 0 bridgehead atoms. The van der Waals surface area contributed by atoms with E-state index in [1.54, 1.807) is 13.8 Å². The molecule has 0 radical (unpaired) electrons. The van der Waals surface area contributed by atoms with Gasteiger partial charge in [-0.2, -0.15) is 0 Å². The molecule has 0 spiro atoms. The maximum absolute atomic E-state index is 10.1. The zero-order valence-electron chi connectivity index (χ0n) is 10.8. The standard InChI is InChI=1S/C13H22N2O/c1-9-6-7-10(14)8-11(9)15-12(2,3)13(4,5)16/h6-8,15-16H,14H2,1-5H3. The first-order valence-corrected chi connectivity index (χ1v) is 5.50. The number of anilines is 2. The van der Waals surface area contributed by atoms with Gasteiger partial charge in [-0.05, 0) is 52.3 Å². The minimum Gasteiger partial charge on any atom is -0.399 e. The van der Waals surface area contributed by atoms with Gasteiger partial charge in [0.1, 0.15) is 0 Å². The van der Waals surface area contributed by atoms with E-state index in [1.807, 2.05) is 39.0 Å². The van der Waals surface area contributed by atoms with Crippen molar-refractivity contribution in [2.45, 2.75) is 45.8 Å². The first kappa shape index (κ1) is 12.8. The van der Waals surface area contributed by atoms with Crippen molar-refractivity contribution in [3.05, 3.63) is 23.8 Å². The molecule has 0 saturated carbocycles. The summed E-state index contributed by atoms with van der Waals surface area (Å²) >= 11 is 0. The zero-order valence-corrected chi connectivity index (χ0v) is 10.8. The zero-order chi connectivity index (χ0) is 12.6. The number of hydrogen-bond donors (Lipinski definition) is 3. The lowest BCUT2D eigenvalue weighted by atomic mass is 9.85. The fourth-order valence-corrected chi connectivity index (χ4v) is 1.26. The molecule has 3 heteroatoms. The van der Waals surface area contributed by atoms with Crippen molar-refractivity contribution in [2.24, 2.45) is 0 Å². The van der Waals surface area contributed by atoms with Gasteiger partial charge in [0.25, 0.3) is 0 Å². The third-order valence-corrected chi connectivity index (χ3v) is 3.24.